The highest BCUT2D eigenvalue weighted by atomic mass is 79.9. The molecule has 0 fully saturated rings. The van der Waals surface area contributed by atoms with E-state index in [9.17, 15) is 0 Å². The minimum atomic E-state index is 0.132. The van der Waals surface area contributed by atoms with Crippen molar-refractivity contribution in [3.63, 3.8) is 0 Å². The van der Waals surface area contributed by atoms with E-state index in [2.05, 4.69) is 98.2 Å². The standard InChI is InChI=1S/C27H31Br/c1-18(2)11-13-27(14-12-19(3)4)25-16-21-8-6-5-7-20(21)15-24(25)23-10-9-22(28)17-26(23)27/h5-10,15-19H,11-14H2,1-4H3. The summed E-state index contributed by atoms with van der Waals surface area (Å²) in [5, 5.41) is 2.71. The van der Waals surface area contributed by atoms with Gasteiger partial charge in [-0.05, 0) is 94.8 Å². The number of fused-ring (bicyclic) bond motifs is 4. The van der Waals surface area contributed by atoms with Crippen LogP contribution in [-0.4, -0.2) is 0 Å². The van der Waals surface area contributed by atoms with Crippen molar-refractivity contribution in [3.05, 3.63) is 70.2 Å². The van der Waals surface area contributed by atoms with Gasteiger partial charge in [0, 0.05) is 9.89 Å². The highest BCUT2D eigenvalue weighted by Gasteiger charge is 2.42. The van der Waals surface area contributed by atoms with Crippen molar-refractivity contribution in [2.24, 2.45) is 11.8 Å². The van der Waals surface area contributed by atoms with Crippen LogP contribution in [0.25, 0.3) is 21.9 Å². The van der Waals surface area contributed by atoms with Crippen molar-refractivity contribution in [2.75, 3.05) is 0 Å². The number of halogens is 1. The fourth-order valence-corrected chi connectivity index (χ4v) is 5.25. The molecule has 0 saturated carbocycles. The van der Waals surface area contributed by atoms with Gasteiger partial charge in [-0.2, -0.15) is 0 Å². The zero-order chi connectivity index (χ0) is 19.9. The average molecular weight is 435 g/mol. The van der Waals surface area contributed by atoms with Gasteiger partial charge in [0.15, 0.2) is 0 Å². The molecule has 0 aromatic heterocycles. The quantitative estimate of drug-likeness (QED) is 0.363. The predicted octanol–water partition coefficient (Wildman–Crippen LogP) is 8.74. The normalized spacial score (nSPS) is 14.7. The van der Waals surface area contributed by atoms with Crippen molar-refractivity contribution in [2.45, 2.75) is 58.8 Å². The first-order chi connectivity index (χ1) is 13.4. The number of hydrogen-bond acceptors (Lipinski definition) is 0. The molecule has 0 amide bonds. The van der Waals surface area contributed by atoms with Gasteiger partial charge in [0.2, 0.25) is 0 Å². The first-order valence-corrected chi connectivity index (χ1v) is 11.5. The van der Waals surface area contributed by atoms with Crippen LogP contribution in [0.5, 0.6) is 0 Å². The van der Waals surface area contributed by atoms with E-state index in [1.54, 1.807) is 5.56 Å². The number of benzene rings is 3. The highest BCUT2D eigenvalue weighted by Crippen LogP contribution is 2.55. The summed E-state index contributed by atoms with van der Waals surface area (Å²) in [5.74, 6) is 1.44. The van der Waals surface area contributed by atoms with E-state index in [1.807, 2.05) is 0 Å². The number of hydrogen-bond donors (Lipinski definition) is 0. The van der Waals surface area contributed by atoms with Crippen LogP contribution < -0.4 is 0 Å². The maximum Gasteiger partial charge on any atom is 0.0216 e. The molecule has 0 nitrogen and oxygen atoms in total. The molecule has 0 heterocycles. The molecule has 28 heavy (non-hydrogen) atoms. The van der Waals surface area contributed by atoms with E-state index in [1.165, 1.54) is 57.6 Å². The lowest BCUT2D eigenvalue weighted by atomic mass is 9.69. The largest absolute Gasteiger partial charge is 0.0628 e. The summed E-state index contributed by atoms with van der Waals surface area (Å²) in [6.45, 7) is 9.42. The van der Waals surface area contributed by atoms with E-state index in [0.717, 1.165) is 11.8 Å². The van der Waals surface area contributed by atoms with Gasteiger partial charge < -0.3 is 0 Å². The Morgan fingerprint density at radius 1 is 0.714 bits per heavy atom. The lowest BCUT2D eigenvalue weighted by molar-refractivity contribution is 0.364. The Morgan fingerprint density at radius 3 is 1.89 bits per heavy atom. The van der Waals surface area contributed by atoms with Crippen LogP contribution in [0.4, 0.5) is 0 Å². The molecule has 1 heteroatoms. The van der Waals surface area contributed by atoms with Crippen molar-refractivity contribution in [3.8, 4) is 11.1 Å². The van der Waals surface area contributed by atoms with Crippen molar-refractivity contribution >= 4 is 26.7 Å². The molecule has 3 aromatic rings. The fraction of sp³-hybridized carbons (Fsp3) is 0.407. The second kappa shape index (κ2) is 7.67. The third-order valence-electron chi connectivity index (χ3n) is 6.49. The molecule has 0 spiro atoms. The summed E-state index contributed by atoms with van der Waals surface area (Å²) in [4.78, 5) is 0. The SMILES string of the molecule is CC(C)CCC1(CCC(C)C)c2cc(Br)ccc2-c2cc3ccccc3cc21. The molecular weight excluding hydrogens is 404 g/mol. The zero-order valence-electron chi connectivity index (χ0n) is 17.6. The fourth-order valence-electron chi connectivity index (χ4n) is 4.89. The summed E-state index contributed by atoms with van der Waals surface area (Å²) in [5.41, 5.74) is 6.12. The summed E-state index contributed by atoms with van der Waals surface area (Å²) >= 11 is 3.77. The third-order valence-corrected chi connectivity index (χ3v) is 6.98. The Hall–Kier alpha value is -1.60. The molecule has 0 aliphatic heterocycles. The van der Waals surface area contributed by atoms with E-state index < -0.39 is 0 Å². The molecule has 146 valence electrons. The summed E-state index contributed by atoms with van der Waals surface area (Å²) in [6, 6.07) is 20.7. The molecular formula is C27H31Br. The molecule has 4 rings (SSSR count). The topological polar surface area (TPSA) is 0 Å². The Bertz CT molecular complexity index is 984. The Kier molecular flexibility index (Phi) is 5.40. The van der Waals surface area contributed by atoms with Crippen LogP contribution in [0, 0.1) is 11.8 Å². The minimum absolute atomic E-state index is 0.132. The van der Waals surface area contributed by atoms with Crippen molar-refractivity contribution < 1.29 is 0 Å². The van der Waals surface area contributed by atoms with E-state index in [4.69, 9.17) is 0 Å². The average Bonchev–Trinajstić information content (AvgIpc) is 2.92. The molecule has 0 unspecified atom stereocenters. The van der Waals surface area contributed by atoms with Gasteiger partial charge in [0.1, 0.15) is 0 Å². The number of rotatable bonds is 6. The molecule has 0 bridgehead atoms. The Labute approximate surface area is 178 Å². The van der Waals surface area contributed by atoms with Gasteiger partial charge in [0.25, 0.3) is 0 Å². The van der Waals surface area contributed by atoms with Gasteiger partial charge in [-0.3, -0.25) is 0 Å². The smallest absolute Gasteiger partial charge is 0.0216 e. The molecule has 1 aliphatic rings. The lowest BCUT2D eigenvalue weighted by Crippen LogP contribution is -2.26. The minimum Gasteiger partial charge on any atom is -0.0628 e. The molecule has 0 atom stereocenters. The van der Waals surface area contributed by atoms with E-state index in [-0.39, 0.29) is 5.41 Å². The van der Waals surface area contributed by atoms with Gasteiger partial charge in [-0.15, -0.1) is 0 Å². The zero-order valence-corrected chi connectivity index (χ0v) is 19.1. The first-order valence-electron chi connectivity index (χ1n) is 10.7. The highest BCUT2D eigenvalue weighted by molar-refractivity contribution is 9.10. The van der Waals surface area contributed by atoms with Crippen LogP contribution in [0.2, 0.25) is 0 Å². The molecule has 0 saturated heterocycles. The third kappa shape index (κ3) is 3.43. The van der Waals surface area contributed by atoms with Crippen LogP contribution in [0.3, 0.4) is 0 Å². The van der Waals surface area contributed by atoms with Crippen molar-refractivity contribution in [1.82, 2.24) is 0 Å². The molecule has 0 N–H and O–H groups in total. The summed E-state index contributed by atoms with van der Waals surface area (Å²) in [7, 11) is 0. The molecule has 3 aromatic carbocycles. The van der Waals surface area contributed by atoms with Crippen LogP contribution in [-0.2, 0) is 5.41 Å². The molecule has 1 aliphatic carbocycles. The van der Waals surface area contributed by atoms with E-state index in [0.29, 0.717) is 0 Å². The lowest BCUT2D eigenvalue weighted by Gasteiger charge is -2.34. The second-order valence-corrected chi connectivity index (χ2v) is 10.3. The predicted molar refractivity (Wildman–Crippen MR) is 126 cm³/mol. The van der Waals surface area contributed by atoms with Crippen LogP contribution in [0.15, 0.2) is 59.1 Å². The van der Waals surface area contributed by atoms with Gasteiger partial charge in [0.05, 0.1) is 0 Å². The maximum absolute atomic E-state index is 3.77. The van der Waals surface area contributed by atoms with Crippen molar-refractivity contribution in [1.29, 1.82) is 0 Å². The maximum atomic E-state index is 3.77. The Morgan fingerprint density at radius 2 is 1.29 bits per heavy atom. The van der Waals surface area contributed by atoms with Gasteiger partial charge >= 0.3 is 0 Å². The first kappa shape index (κ1) is 19.7. The van der Waals surface area contributed by atoms with E-state index >= 15 is 0 Å². The molecule has 0 radical (unpaired) electrons. The van der Waals surface area contributed by atoms with Crippen LogP contribution >= 0.6 is 15.9 Å². The van der Waals surface area contributed by atoms with Crippen LogP contribution in [0.1, 0.15) is 64.5 Å². The summed E-state index contributed by atoms with van der Waals surface area (Å²) < 4.78 is 1.20. The monoisotopic (exact) mass is 434 g/mol. The Balaban J connectivity index is 1.97. The second-order valence-electron chi connectivity index (χ2n) is 9.38. The summed E-state index contributed by atoms with van der Waals surface area (Å²) in [6.07, 6.45) is 4.98. The van der Waals surface area contributed by atoms with Gasteiger partial charge in [-0.1, -0.05) is 74.0 Å². The van der Waals surface area contributed by atoms with Gasteiger partial charge in [-0.25, -0.2) is 0 Å².